The second kappa shape index (κ2) is 7.25. The minimum atomic E-state index is -0.828. The number of aromatic nitrogens is 1. The lowest BCUT2D eigenvalue weighted by Gasteiger charge is -2.23. The van der Waals surface area contributed by atoms with E-state index in [-0.39, 0.29) is 16.9 Å². The van der Waals surface area contributed by atoms with Crippen LogP contribution in [0.25, 0.3) is 5.76 Å². The van der Waals surface area contributed by atoms with Gasteiger partial charge in [-0.05, 0) is 43.7 Å². The predicted molar refractivity (Wildman–Crippen MR) is 109 cm³/mol. The molecule has 0 aliphatic carbocycles. The Morgan fingerprint density at radius 3 is 2.31 bits per heavy atom. The molecule has 1 aliphatic heterocycles. The van der Waals surface area contributed by atoms with Crippen molar-refractivity contribution in [3.05, 3.63) is 87.7 Å². The van der Waals surface area contributed by atoms with E-state index < -0.39 is 23.5 Å². The van der Waals surface area contributed by atoms with Crippen molar-refractivity contribution >= 4 is 33.9 Å². The Labute approximate surface area is 170 Å². The number of halogens is 1. The minimum Gasteiger partial charge on any atom is -0.507 e. The first kappa shape index (κ1) is 19.0. The first-order valence-electron chi connectivity index (χ1n) is 8.94. The maximum absolute atomic E-state index is 13.3. The van der Waals surface area contributed by atoms with Gasteiger partial charge >= 0.3 is 5.91 Å². The number of rotatable bonds is 3. The zero-order valence-corrected chi connectivity index (χ0v) is 16.5. The maximum Gasteiger partial charge on any atom is 0.301 e. The number of hydrogen-bond donors (Lipinski definition) is 1. The van der Waals surface area contributed by atoms with Gasteiger partial charge < -0.3 is 5.11 Å². The van der Waals surface area contributed by atoms with Crippen molar-refractivity contribution in [3.8, 4) is 0 Å². The summed E-state index contributed by atoms with van der Waals surface area (Å²) in [5, 5.41) is 11.3. The summed E-state index contributed by atoms with van der Waals surface area (Å²) in [6.45, 7) is 3.73. The summed E-state index contributed by atoms with van der Waals surface area (Å²) in [6.07, 6.45) is 0. The molecule has 0 unspecified atom stereocenters. The maximum atomic E-state index is 13.3. The third-order valence-electron chi connectivity index (χ3n) is 4.90. The summed E-state index contributed by atoms with van der Waals surface area (Å²) < 4.78 is 13.3. The van der Waals surface area contributed by atoms with Gasteiger partial charge in [0.1, 0.15) is 11.6 Å². The molecule has 4 rings (SSSR count). The molecule has 0 radical (unpaired) electrons. The fourth-order valence-corrected chi connectivity index (χ4v) is 4.24. The molecule has 0 spiro atoms. The van der Waals surface area contributed by atoms with Crippen LogP contribution in [0.1, 0.15) is 27.7 Å². The number of aliphatic hydroxyl groups excluding tert-OH is 1. The van der Waals surface area contributed by atoms with Crippen LogP contribution in [0, 0.1) is 19.7 Å². The largest absolute Gasteiger partial charge is 0.507 e. The van der Waals surface area contributed by atoms with Crippen molar-refractivity contribution < 1.29 is 19.1 Å². The molecule has 1 saturated heterocycles. The van der Waals surface area contributed by atoms with Crippen LogP contribution in [0.2, 0.25) is 0 Å². The van der Waals surface area contributed by atoms with Crippen molar-refractivity contribution in [2.24, 2.45) is 0 Å². The van der Waals surface area contributed by atoms with E-state index in [1.54, 1.807) is 24.3 Å². The highest BCUT2D eigenvalue weighted by atomic mass is 32.1. The summed E-state index contributed by atoms with van der Waals surface area (Å²) in [6, 6.07) is 13.3. The number of ketones is 1. The molecule has 7 heteroatoms. The summed E-state index contributed by atoms with van der Waals surface area (Å²) in [5.74, 6) is -2.36. The molecule has 1 N–H and O–H groups in total. The average molecular weight is 408 g/mol. The van der Waals surface area contributed by atoms with Crippen molar-refractivity contribution in [3.63, 3.8) is 0 Å². The Kier molecular flexibility index (Phi) is 4.76. The normalized spacial score (nSPS) is 18.4. The van der Waals surface area contributed by atoms with Crippen molar-refractivity contribution in [1.29, 1.82) is 0 Å². The zero-order valence-electron chi connectivity index (χ0n) is 15.7. The van der Waals surface area contributed by atoms with E-state index >= 15 is 0 Å². The number of anilines is 1. The summed E-state index contributed by atoms with van der Waals surface area (Å²) in [4.78, 5) is 32.6. The first-order chi connectivity index (χ1) is 13.9. The molecular weight excluding hydrogens is 391 g/mol. The zero-order chi connectivity index (χ0) is 20.7. The molecule has 1 fully saturated rings. The summed E-state index contributed by atoms with van der Waals surface area (Å²) in [7, 11) is 0. The standard InChI is InChI=1S/C22H17FN2O3S/c1-12-13(2)29-22(24-12)25-18(14-6-4-3-5-7-14)17(20(27)21(25)28)19(26)15-8-10-16(23)11-9-15/h3-11,18,26H,1-2H3/b19-17+/t18-/m1/s1. The average Bonchev–Trinajstić information content (AvgIpc) is 3.18. The summed E-state index contributed by atoms with van der Waals surface area (Å²) in [5.41, 5.74) is 1.66. The Morgan fingerprint density at radius 2 is 1.72 bits per heavy atom. The molecule has 0 saturated carbocycles. The molecule has 1 aromatic heterocycles. The van der Waals surface area contributed by atoms with Crippen molar-refractivity contribution in [2.45, 2.75) is 19.9 Å². The second-order valence-corrected chi connectivity index (χ2v) is 7.91. The van der Waals surface area contributed by atoms with Crippen LogP contribution in [0.4, 0.5) is 9.52 Å². The lowest BCUT2D eigenvalue weighted by Crippen LogP contribution is -2.29. The molecule has 1 amide bonds. The van der Waals surface area contributed by atoms with Crippen LogP contribution in [0.5, 0.6) is 0 Å². The molecule has 0 bridgehead atoms. The lowest BCUT2D eigenvalue weighted by atomic mass is 9.95. The van der Waals surface area contributed by atoms with Crippen LogP contribution < -0.4 is 4.90 Å². The number of carbonyl (C=O) groups is 2. The SMILES string of the molecule is Cc1nc(N2C(=O)C(=O)/C(=C(/O)c3ccc(F)cc3)[C@H]2c2ccccc2)sc1C. The number of Topliss-reactive ketones (excluding diaryl/α,β-unsaturated/α-hetero) is 1. The molecule has 3 aromatic rings. The van der Waals surface area contributed by atoms with E-state index in [1.165, 1.54) is 40.5 Å². The molecule has 2 aromatic carbocycles. The molecule has 1 aliphatic rings. The van der Waals surface area contributed by atoms with Gasteiger partial charge in [0.25, 0.3) is 5.78 Å². The topological polar surface area (TPSA) is 70.5 Å². The Morgan fingerprint density at radius 1 is 1.07 bits per heavy atom. The molecule has 1 atom stereocenters. The van der Waals surface area contributed by atoms with Crippen LogP contribution in [-0.2, 0) is 9.59 Å². The van der Waals surface area contributed by atoms with Gasteiger partial charge in [-0.3, -0.25) is 14.5 Å². The number of benzene rings is 2. The Balaban J connectivity index is 1.94. The number of carbonyl (C=O) groups excluding carboxylic acids is 2. The van der Waals surface area contributed by atoms with Crippen LogP contribution in [0.3, 0.4) is 0 Å². The van der Waals surface area contributed by atoms with Crippen LogP contribution in [0.15, 0.2) is 60.2 Å². The molecular formula is C22H17FN2O3S. The van der Waals surface area contributed by atoms with Gasteiger partial charge in [-0.15, -0.1) is 11.3 Å². The Hall–Kier alpha value is -3.32. The number of thiazole rings is 1. The molecule has 5 nitrogen and oxygen atoms in total. The second-order valence-electron chi connectivity index (χ2n) is 6.72. The number of aliphatic hydroxyl groups is 1. The van der Waals surface area contributed by atoms with Gasteiger partial charge in [-0.1, -0.05) is 30.3 Å². The number of nitrogens with zero attached hydrogens (tertiary/aromatic N) is 2. The first-order valence-corrected chi connectivity index (χ1v) is 9.76. The monoisotopic (exact) mass is 408 g/mol. The number of aryl methyl sites for hydroxylation is 2. The van der Waals surface area contributed by atoms with E-state index in [0.717, 1.165) is 10.6 Å². The highest BCUT2D eigenvalue weighted by molar-refractivity contribution is 7.16. The highest BCUT2D eigenvalue weighted by Crippen LogP contribution is 2.43. The molecule has 2 heterocycles. The van der Waals surface area contributed by atoms with Gasteiger partial charge in [0.05, 0.1) is 17.3 Å². The van der Waals surface area contributed by atoms with Gasteiger partial charge in [-0.25, -0.2) is 9.37 Å². The lowest BCUT2D eigenvalue weighted by molar-refractivity contribution is -0.132. The number of amides is 1. The Bertz CT molecular complexity index is 1120. The van der Waals surface area contributed by atoms with Gasteiger partial charge in [0.2, 0.25) is 0 Å². The van der Waals surface area contributed by atoms with Crippen LogP contribution >= 0.6 is 11.3 Å². The van der Waals surface area contributed by atoms with Crippen molar-refractivity contribution in [2.75, 3.05) is 4.90 Å². The van der Waals surface area contributed by atoms with Gasteiger partial charge in [0.15, 0.2) is 5.13 Å². The third kappa shape index (κ3) is 3.23. The van der Waals surface area contributed by atoms with E-state index in [0.29, 0.717) is 10.7 Å². The quantitative estimate of drug-likeness (QED) is 0.393. The van der Waals surface area contributed by atoms with E-state index in [2.05, 4.69) is 4.98 Å². The smallest absolute Gasteiger partial charge is 0.301 e. The molecule has 29 heavy (non-hydrogen) atoms. The summed E-state index contributed by atoms with van der Waals surface area (Å²) >= 11 is 1.32. The van der Waals surface area contributed by atoms with Crippen molar-refractivity contribution in [1.82, 2.24) is 4.98 Å². The molecule has 146 valence electrons. The fourth-order valence-electron chi connectivity index (χ4n) is 3.30. The van der Waals surface area contributed by atoms with E-state index in [9.17, 15) is 19.1 Å². The minimum absolute atomic E-state index is 0.0432. The van der Waals surface area contributed by atoms with Gasteiger partial charge in [0, 0.05) is 10.4 Å². The highest BCUT2D eigenvalue weighted by Gasteiger charge is 2.48. The number of hydrogen-bond acceptors (Lipinski definition) is 5. The van der Waals surface area contributed by atoms with Gasteiger partial charge in [-0.2, -0.15) is 0 Å². The van der Waals surface area contributed by atoms with E-state index in [4.69, 9.17) is 0 Å². The third-order valence-corrected chi connectivity index (χ3v) is 5.97. The van der Waals surface area contributed by atoms with Crippen LogP contribution in [-0.4, -0.2) is 21.8 Å². The predicted octanol–water partition coefficient (Wildman–Crippen LogP) is 4.53. The van der Waals surface area contributed by atoms with E-state index in [1.807, 2.05) is 19.9 Å². The fraction of sp³-hybridized carbons (Fsp3) is 0.136.